The molecule has 0 bridgehead atoms. The topological polar surface area (TPSA) is 62.7 Å². The Bertz CT molecular complexity index is 703. The molecule has 0 saturated carbocycles. The number of benzene rings is 1. The summed E-state index contributed by atoms with van der Waals surface area (Å²) >= 11 is 0. The Balaban J connectivity index is 2.37. The van der Waals surface area contributed by atoms with E-state index in [4.69, 9.17) is 4.84 Å². The van der Waals surface area contributed by atoms with Crippen molar-refractivity contribution in [2.75, 3.05) is 30.1 Å². The Morgan fingerprint density at radius 3 is 2.32 bits per heavy atom. The summed E-state index contributed by atoms with van der Waals surface area (Å²) in [6.45, 7) is 2.14. The predicted octanol–water partition coefficient (Wildman–Crippen LogP) is 2.29. The summed E-state index contributed by atoms with van der Waals surface area (Å²) in [5.41, 5.74) is 0.628. The molecule has 0 aliphatic heterocycles. The first-order chi connectivity index (χ1) is 10.5. The summed E-state index contributed by atoms with van der Waals surface area (Å²) < 4.78 is 26.9. The molecule has 118 valence electrons. The van der Waals surface area contributed by atoms with Crippen molar-refractivity contribution in [3.63, 3.8) is 0 Å². The van der Waals surface area contributed by atoms with E-state index in [1.54, 1.807) is 32.2 Å². The van der Waals surface area contributed by atoms with E-state index in [0.29, 0.717) is 18.1 Å². The normalized spacial score (nSPS) is 11.2. The fourth-order valence-electron chi connectivity index (χ4n) is 2.02. The SMILES string of the molecule is CCN(c1ccccc1)S(=O)(=O)c1ccc(N(C)OC)nc1. The number of hydrogen-bond acceptors (Lipinski definition) is 5. The monoisotopic (exact) mass is 321 g/mol. The molecule has 1 aromatic heterocycles. The second-order valence-electron chi connectivity index (χ2n) is 4.54. The van der Waals surface area contributed by atoms with E-state index in [2.05, 4.69) is 4.98 Å². The third-order valence-electron chi connectivity index (χ3n) is 3.24. The van der Waals surface area contributed by atoms with E-state index < -0.39 is 10.0 Å². The van der Waals surface area contributed by atoms with Crippen LogP contribution in [0.5, 0.6) is 0 Å². The number of sulfonamides is 1. The molecule has 0 spiro atoms. The zero-order chi connectivity index (χ0) is 16.2. The maximum absolute atomic E-state index is 12.8. The van der Waals surface area contributed by atoms with Crippen LogP contribution in [0.15, 0.2) is 53.6 Å². The van der Waals surface area contributed by atoms with Gasteiger partial charge in [-0.15, -0.1) is 0 Å². The molecule has 1 aromatic carbocycles. The number of pyridine rings is 1. The average molecular weight is 321 g/mol. The molecule has 0 fully saturated rings. The van der Waals surface area contributed by atoms with Crippen LogP contribution < -0.4 is 9.37 Å². The number of rotatable bonds is 6. The fourth-order valence-corrected chi connectivity index (χ4v) is 3.44. The maximum atomic E-state index is 12.8. The van der Waals surface area contributed by atoms with Crippen molar-refractivity contribution in [3.05, 3.63) is 48.7 Å². The molecular formula is C15H19N3O3S. The molecule has 1 heterocycles. The predicted molar refractivity (Wildman–Crippen MR) is 86.3 cm³/mol. The van der Waals surface area contributed by atoms with Gasteiger partial charge < -0.3 is 0 Å². The van der Waals surface area contributed by atoms with Gasteiger partial charge in [-0.2, -0.15) is 0 Å². The number of para-hydroxylation sites is 1. The number of nitrogens with zero attached hydrogens (tertiary/aromatic N) is 3. The van der Waals surface area contributed by atoms with Crippen LogP contribution in [0.1, 0.15) is 6.92 Å². The third-order valence-corrected chi connectivity index (χ3v) is 5.12. The van der Waals surface area contributed by atoms with Gasteiger partial charge in [0.1, 0.15) is 4.90 Å². The Hall–Kier alpha value is -2.12. The smallest absolute Gasteiger partial charge is 0.265 e. The Morgan fingerprint density at radius 2 is 1.82 bits per heavy atom. The maximum Gasteiger partial charge on any atom is 0.265 e. The molecule has 0 amide bonds. The van der Waals surface area contributed by atoms with Gasteiger partial charge in [0.2, 0.25) is 0 Å². The number of hydrogen-bond donors (Lipinski definition) is 0. The summed E-state index contributed by atoms with van der Waals surface area (Å²) in [6, 6.07) is 12.1. The van der Waals surface area contributed by atoms with Gasteiger partial charge in [0.15, 0.2) is 5.82 Å². The minimum absolute atomic E-state index is 0.145. The second kappa shape index (κ2) is 6.76. The van der Waals surface area contributed by atoms with Crippen molar-refractivity contribution in [1.82, 2.24) is 4.98 Å². The summed E-state index contributed by atoms with van der Waals surface area (Å²) in [7, 11) is -0.434. The largest absolute Gasteiger partial charge is 0.276 e. The van der Waals surface area contributed by atoms with Crippen LogP contribution in [0.25, 0.3) is 0 Å². The summed E-state index contributed by atoms with van der Waals surface area (Å²) in [4.78, 5) is 9.28. The van der Waals surface area contributed by atoms with Gasteiger partial charge in [0, 0.05) is 19.8 Å². The lowest BCUT2D eigenvalue weighted by Crippen LogP contribution is -2.30. The van der Waals surface area contributed by atoms with Gasteiger partial charge in [0.05, 0.1) is 12.8 Å². The van der Waals surface area contributed by atoms with E-state index >= 15 is 0 Å². The highest BCUT2D eigenvalue weighted by Crippen LogP contribution is 2.23. The third kappa shape index (κ3) is 3.20. The van der Waals surface area contributed by atoms with Gasteiger partial charge >= 0.3 is 0 Å². The summed E-state index contributed by atoms with van der Waals surface area (Å²) in [5.74, 6) is 0.532. The van der Waals surface area contributed by atoms with Gasteiger partial charge in [-0.05, 0) is 31.2 Å². The molecule has 0 saturated heterocycles. The molecule has 0 radical (unpaired) electrons. The number of hydroxylamine groups is 1. The minimum atomic E-state index is -3.64. The number of anilines is 2. The standard InChI is InChI=1S/C15H19N3O3S/c1-4-18(13-8-6-5-7-9-13)22(19,20)14-10-11-15(16-12-14)17(2)21-3/h5-12H,4H2,1-3H3. The highest BCUT2D eigenvalue weighted by atomic mass is 32.2. The van der Waals surface area contributed by atoms with E-state index in [1.165, 1.54) is 28.7 Å². The zero-order valence-electron chi connectivity index (χ0n) is 12.8. The van der Waals surface area contributed by atoms with Crippen molar-refractivity contribution < 1.29 is 13.3 Å². The zero-order valence-corrected chi connectivity index (χ0v) is 13.6. The van der Waals surface area contributed by atoms with Crippen molar-refractivity contribution in [2.24, 2.45) is 0 Å². The first kappa shape index (κ1) is 16.3. The van der Waals surface area contributed by atoms with Crippen LogP contribution in [0.2, 0.25) is 0 Å². The van der Waals surface area contributed by atoms with Crippen molar-refractivity contribution >= 4 is 21.5 Å². The quantitative estimate of drug-likeness (QED) is 0.764. The van der Waals surface area contributed by atoms with E-state index in [1.807, 2.05) is 18.2 Å². The average Bonchev–Trinajstić information content (AvgIpc) is 2.55. The number of aromatic nitrogens is 1. The van der Waals surface area contributed by atoms with Gasteiger partial charge in [-0.1, -0.05) is 18.2 Å². The highest BCUT2D eigenvalue weighted by Gasteiger charge is 2.24. The fraction of sp³-hybridized carbons (Fsp3) is 0.267. The summed E-state index contributed by atoms with van der Waals surface area (Å²) in [5, 5.41) is 1.45. The van der Waals surface area contributed by atoms with Crippen LogP contribution >= 0.6 is 0 Å². The molecule has 22 heavy (non-hydrogen) atoms. The lowest BCUT2D eigenvalue weighted by atomic mass is 10.3. The first-order valence-electron chi connectivity index (χ1n) is 6.82. The van der Waals surface area contributed by atoms with E-state index in [-0.39, 0.29) is 4.90 Å². The van der Waals surface area contributed by atoms with Crippen molar-refractivity contribution in [1.29, 1.82) is 0 Å². The van der Waals surface area contributed by atoms with Crippen LogP contribution in [0, 0.1) is 0 Å². The van der Waals surface area contributed by atoms with Crippen LogP contribution in [0.3, 0.4) is 0 Å². The lowest BCUT2D eigenvalue weighted by Gasteiger charge is -2.23. The highest BCUT2D eigenvalue weighted by molar-refractivity contribution is 7.92. The molecule has 2 aromatic rings. The van der Waals surface area contributed by atoms with Crippen LogP contribution in [0.4, 0.5) is 11.5 Å². The minimum Gasteiger partial charge on any atom is -0.276 e. The van der Waals surface area contributed by atoms with Gasteiger partial charge in [-0.3, -0.25) is 9.14 Å². The molecular weight excluding hydrogens is 302 g/mol. The molecule has 0 aliphatic carbocycles. The van der Waals surface area contributed by atoms with Crippen LogP contribution in [-0.4, -0.2) is 34.1 Å². The molecule has 6 nitrogen and oxygen atoms in total. The molecule has 2 rings (SSSR count). The molecule has 0 N–H and O–H groups in total. The Labute approximate surface area is 131 Å². The van der Waals surface area contributed by atoms with E-state index in [0.717, 1.165) is 0 Å². The molecule has 0 aliphatic rings. The Morgan fingerprint density at radius 1 is 1.14 bits per heavy atom. The van der Waals surface area contributed by atoms with Crippen molar-refractivity contribution in [2.45, 2.75) is 11.8 Å². The van der Waals surface area contributed by atoms with Gasteiger partial charge in [0.25, 0.3) is 10.0 Å². The van der Waals surface area contributed by atoms with Crippen LogP contribution in [-0.2, 0) is 14.9 Å². The Kier molecular flexibility index (Phi) is 4.99. The van der Waals surface area contributed by atoms with Gasteiger partial charge in [-0.25, -0.2) is 18.5 Å². The molecule has 0 atom stereocenters. The lowest BCUT2D eigenvalue weighted by molar-refractivity contribution is 0.182. The summed E-state index contributed by atoms with van der Waals surface area (Å²) in [6.07, 6.45) is 1.34. The van der Waals surface area contributed by atoms with Crippen molar-refractivity contribution in [3.8, 4) is 0 Å². The first-order valence-corrected chi connectivity index (χ1v) is 8.26. The van der Waals surface area contributed by atoms with E-state index in [9.17, 15) is 8.42 Å². The second-order valence-corrected chi connectivity index (χ2v) is 6.40. The molecule has 0 unspecified atom stereocenters. The molecule has 7 heteroatoms.